The normalized spacial score (nSPS) is 19.3. The second kappa shape index (κ2) is 11.1. The summed E-state index contributed by atoms with van der Waals surface area (Å²) in [5.74, 6) is 1.70. The molecule has 1 fully saturated rings. The first-order valence-corrected chi connectivity index (χ1v) is 12.4. The quantitative estimate of drug-likeness (QED) is 0.399. The van der Waals surface area contributed by atoms with Crippen molar-refractivity contribution in [3.05, 3.63) is 95.4 Å². The minimum absolute atomic E-state index is 0.0556. The fourth-order valence-corrected chi connectivity index (χ4v) is 5.39. The van der Waals surface area contributed by atoms with Crippen molar-refractivity contribution in [2.24, 2.45) is 11.3 Å². The Labute approximate surface area is 203 Å². The summed E-state index contributed by atoms with van der Waals surface area (Å²) in [6.45, 7) is 8.94. The van der Waals surface area contributed by atoms with Gasteiger partial charge in [-0.3, -0.25) is 4.79 Å². The molecule has 180 valence electrons. The van der Waals surface area contributed by atoms with Crippen LogP contribution >= 0.6 is 0 Å². The molecule has 1 aliphatic rings. The largest absolute Gasteiger partial charge is 0.469 e. The molecule has 0 radical (unpaired) electrons. The molecule has 0 spiro atoms. The van der Waals surface area contributed by atoms with Gasteiger partial charge in [0.05, 0.1) is 18.8 Å². The van der Waals surface area contributed by atoms with Crippen LogP contribution in [0, 0.1) is 18.3 Å². The van der Waals surface area contributed by atoms with Gasteiger partial charge in [0.1, 0.15) is 5.76 Å². The molecular formula is C30H37NO3. The Balaban J connectivity index is 1.42. The van der Waals surface area contributed by atoms with Crippen LogP contribution < -0.4 is 5.32 Å². The zero-order chi connectivity index (χ0) is 24.0. The topological polar surface area (TPSA) is 51.5 Å². The van der Waals surface area contributed by atoms with E-state index >= 15 is 0 Å². The molecule has 4 nitrogen and oxygen atoms in total. The van der Waals surface area contributed by atoms with Crippen LogP contribution in [0.2, 0.25) is 0 Å². The Morgan fingerprint density at radius 3 is 2.47 bits per heavy atom. The summed E-state index contributed by atoms with van der Waals surface area (Å²) < 4.78 is 11.5. The van der Waals surface area contributed by atoms with Gasteiger partial charge in [-0.15, -0.1) is 0 Å². The number of furan rings is 1. The summed E-state index contributed by atoms with van der Waals surface area (Å²) in [5, 5.41) is 3.21. The Bertz CT molecular complexity index is 1020. The summed E-state index contributed by atoms with van der Waals surface area (Å²) in [6, 6.07) is 22.9. The SMILES string of the molecule is Cc1ccc([C@@H](CC(=O)NCC[C@@H](c2ccccc2)[C@H]2CCOCC2(C)C)c2ccco2)cc1. The van der Waals surface area contributed by atoms with Crippen LogP contribution in [0.3, 0.4) is 0 Å². The van der Waals surface area contributed by atoms with E-state index in [-0.39, 0.29) is 17.2 Å². The number of amides is 1. The first kappa shape index (κ1) is 24.3. The second-order valence-electron chi connectivity index (χ2n) is 10.3. The van der Waals surface area contributed by atoms with Crippen LogP contribution in [0.5, 0.6) is 0 Å². The van der Waals surface area contributed by atoms with Gasteiger partial charge in [-0.25, -0.2) is 0 Å². The van der Waals surface area contributed by atoms with Crippen LogP contribution in [0.15, 0.2) is 77.4 Å². The fourth-order valence-electron chi connectivity index (χ4n) is 5.39. The Morgan fingerprint density at radius 1 is 1.03 bits per heavy atom. The molecule has 3 aromatic rings. The number of carbonyl (C=O) groups excluding carboxylic acids is 1. The summed E-state index contributed by atoms with van der Waals surface area (Å²) in [4.78, 5) is 13.0. The first-order valence-electron chi connectivity index (χ1n) is 12.4. The standard InChI is InChI=1S/C30H37NO3/c1-22-11-13-24(14-12-22)26(28-10-7-18-34-28)20-29(32)31-17-15-25(23-8-5-4-6-9-23)27-16-19-33-21-30(27,2)3/h4-14,18,25-27H,15-17,19-21H2,1-3H3,(H,31,32)/t25-,26+,27+/m0/s1. The smallest absolute Gasteiger partial charge is 0.221 e. The van der Waals surface area contributed by atoms with Crippen LogP contribution in [-0.2, 0) is 9.53 Å². The maximum absolute atomic E-state index is 13.0. The highest BCUT2D eigenvalue weighted by molar-refractivity contribution is 5.77. The maximum atomic E-state index is 13.0. The number of nitrogens with one attached hydrogen (secondary N) is 1. The van der Waals surface area contributed by atoms with Crippen LogP contribution in [0.4, 0.5) is 0 Å². The Kier molecular flexibility index (Phi) is 7.89. The molecule has 0 saturated carbocycles. The molecule has 3 atom stereocenters. The lowest BCUT2D eigenvalue weighted by atomic mass is 9.66. The highest BCUT2D eigenvalue weighted by Gasteiger charge is 2.38. The summed E-state index contributed by atoms with van der Waals surface area (Å²) in [7, 11) is 0. The van der Waals surface area contributed by atoms with Gasteiger partial charge in [-0.2, -0.15) is 0 Å². The zero-order valence-electron chi connectivity index (χ0n) is 20.6. The average molecular weight is 460 g/mol. The molecule has 1 aliphatic heterocycles. The highest BCUT2D eigenvalue weighted by Crippen LogP contribution is 2.44. The van der Waals surface area contributed by atoms with Crippen molar-refractivity contribution in [2.75, 3.05) is 19.8 Å². The lowest BCUT2D eigenvalue weighted by Gasteiger charge is -2.43. The third-order valence-corrected chi connectivity index (χ3v) is 7.30. The predicted octanol–water partition coefficient (Wildman–Crippen LogP) is 6.46. The Hall–Kier alpha value is -2.85. The molecule has 2 aromatic carbocycles. The van der Waals surface area contributed by atoms with E-state index in [1.54, 1.807) is 6.26 Å². The van der Waals surface area contributed by atoms with Crippen molar-refractivity contribution in [2.45, 2.75) is 51.9 Å². The van der Waals surface area contributed by atoms with E-state index in [1.165, 1.54) is 11.1 Å². The molecule has 2 heterocycles. The van der Waals surface area contributed by atoms with Crippen molar-refractivity contribution in [1.29, 1.82) is 0 Å². The van der Waals surface area contributed by atoms with E-state index in [0.29, 0.717) is 24.8 Å². The first-order chi connectivity index (χ1) is 16.4. The van der Waals surface area contributed by atoms with Gasteiger partial charge < -0.3 is 14.5 Å². The van der Waals surface area contributed by atoms with E-state index in [1.807, 2.05) is 12.1 Å². The molecule has 0 bridgehead atoms. The number of ether oxygens (including phenoxy) is 1. The third-order valence-electron chi connectivity index (χ3n) is 7.30. The van der Waals surface area contributed by atoms with Crippen LogP contribution in [0.1, 0.15) is 67.4 Å². The number of benzene rings is 2. The minimum Gasteiger partial charge on any atom is -0.469 e. The summed E-state index contributed by atoms with van der Waals surface area (Å²) in [5.41, 5.74) is 3.76. The van der Waals surface area contributed by atoms with Crippen molar-refractivity contribution in [1.82, 2.24) is 5.32 Å². The number of hydrogen-bond donors (Lipinski definition) is 1. The average Bonchev–Trinajstić information content (AvgIpc) is 3.37. The van der Waals surface area contributed by atoms with Gasteiger partial charge in [-0.05, 0) is 60.3 Å². The zero-order valence-corrected chi connectivity index (χ0v) is 20.6. The molecule has 0 unspecified atom stereocenters. The van der Waals surface area contributed by atoms with Crippen molar-refractivity contribution in [3.63, 3.8) is 0 Å². The number of aryl methyl sites for hydroxylation is 1. The molecule has 34 heavy (non-hydrogen) atoms. The van der Waals surface area contributed by atoms with Crippen molar-refractivity contribution >= 4 is 5.91 Å². The molecule has 4 heteroatoms. The monoisotopic (exact) mass is 459 g/mol. The number of carbonyl (C=O) groups is 1. The van der Waals surface area contributed by atoms with Gasteiger partial charge in [0, 0.05) is 19.6 Å². The predicted molar refractivity (Wildman–Crippen MR) is 136 cm³/mol. The van der Waals surface area contributed by atoms with Crippen molar-refractivity contribution in [3.8, 4) is 0 Å². The van der Waals surface area contributed by atoms with Gasteiger partial charge >= 0.3 is 0 Å². The molecule has 1 saturated heterocycles. The van der Waals surface area contributed by atoms with Crippen molar-refractivity contribution < 1.29 is 13.9 Å². The molecule has 4 rings (SSSR count). The molecule has 1 N–H and O–H groups in total. The molecule has 1 amide bonds. The number of rotatable bonds is 9. The fraction of sp³-hybridized carbons (Fsp3) is 0.433. The van der Waals surface area contributed by atoms with E-state index in [4.69, 9.17) is 9.15 Å². The second-order valence-corrected chi connectivity index (χ2v) is 10.3. The van der Waals surface area contributed by atoms with Crippen LogP contribution in [0.25, 0.3) is 0 Å². The maximum Gasteiger partial charge on any atom is 0.221 e. The summed E-state index contributed by atoms with van der Waals surface area (Å²) >= 11 is 0. The summed E-state index contributed by atoms with van der Waals surface area (Å²) in [6.07, 6.45) is 4.01. The third kappa shape index (κ3) is 5.98. The van der Waals surface area contributed by atoms with Gasteiger partial charge in [0.15, 0.2) is 0 Å². The molecule has 0 aliphatic carbocycles. The Morgan fingerprint density at radius 2 is 1.79 bits per heavy atom. The van der Waals surface area contributed by atoms with Crippen LogP contribution in [-0.4, -0.2) is 25.7 Å². The van der Waals surface area contributed by atoms with Gasteiger partial charge in [-0.1, -0.05) is 74.0 Å². The lowest BCUT2D eigenvalue weighted by molar-refractivity contribution is -0.121. The molecular weight excluding hydrogens is 422 g/mol. The van der Waals surface area contributed by atoms with E-state index in [0.717, 1.165) is 37.4 Å². The lowest BCUT2D eigenvalue weighted by Crippen LogP contribution is -2.39. The van der Waals surface area contributed by atoms with E-state index < -0.39 is 0 Å². The van der Waals surface area contributed by atoms with Gasteiger partial charge in [0.25, 0.3) is 0 Å². The molecule has 1 aromatic heterocycles. The van der Waals surface area contributed by atoms with E-state index in [9.17, 15) is 4.79 Å². The minimum atomic E-state index is -0.0880. The van der Waals surface area contributed by atoms with Gasteiger partial charge in [0.2, 0.25) is 5.91 Å². The number of hydrogen-bond acceptors (Lipinski definition) is 3. The van der Waals surface area contributed by atoms with E-state index in [2.05, 4.69) is 80.7 Å². The highest BCUT2D eigenvalue weighted by atomic mass is 16.5.